The van der Waals surface area contributed by atoms with Crippen LogP contribution in [0.3, 0.4) is 0 Å². The second-order valence-electron chi connectivity index (χ2n) is 7.59. The first-order valence-corrected chi connectivity index (χ1v) is 10.8. The summed E-state index contributed by atoms with van der Waals surface area (Å²) in [5, 5.41) is 3.21. The predicted molar refractivity (Wildman–Crippen MR) is 106 cm³/mol. The van der Waals surface area contributed by atoms with Crippen LogP contribution in [0.5, 0.6) is 5.75 Å². The van der Waals surface area contributed by atoms with E-state index in [4.69, 9.17) is 4.74 Å². The van der Waals surface area contributed by atoms with E-state index in [1.807, 2.05) is 0 Å². The topological polar surface area (TPSA) is 71.5 Å². The molecule has 1 aromatic carbocycles. The van der Waals surface area contributed by atoms with Crippen molar-refractivity contribution in [3.8, 4) is 5.75 Å². The Balaban J connectivity index is 1.64. The van der Waals surface area contributed by atoms with Crippen LogP contribution in [0.2, 0.25) is 0 Å². The number of nitrogens with zero attached hydrogens (tertiary/aromatic N) is 2. The van der Waals surface area contributed by atoms with Crippen molar-refractivity contribution in [1.29, 1.82) is 0 Å². The van der Waals surface area contributed by atoms with Crippen LogP contribution in [0.25, 0.3) is 0 Å². The zero-order valence-electron chi connectivity index (χ0n) is 16.1. The first-order valence-electron chi connectivity index (χ1n) is 9.22. The van der Waals surface area contributed by atoms with Gasteiger partial charge in [0.05, 0.1) is 23.6 Å². The van der Waals surface area contributed by atoms with E-state index in [1.54, 1.807) is 17.0 Å². The molecule has 1 saturated carbocycles. The molecule has 4 rings (SSSR count). The lowest BCUT2D eigenvalue weighted by atomic mass is 10.0. The summed E-state index contributed by atoms with van der Waals surface area (Å²) in [5.74, 6) is -2.53. The van der Waals surface area contributed by atoms with Crippen molar-refractivity contribution in [3.63, 3.8) is 0 Å². The van der Waals surface area contributed by atoms with Crippen LogP contribution in [0.4, 0.5) is 20.2 Å². The number of benzene rings is 1. The second-order valence-corrected chi connectivity index (χ2v) is 8.91. The first kappa shape index (κ1) is 19.8. The monoisotopic (exact) mass is 421 g/mol. The predicted octanol–water partition coefficient (Wildman–Crippen LogP) is 3.10. The van der Waals surface area contributed by atoms with Crippen LogP contribution < -0.4 is 15.0 Å². The zero-order chi connectivity index (χ0) is 20.8. The van der Waals surface area contributed by atoms with Gasteiger partial charge in [0.1, 0.15) is 11.1 Å². The Morgan fingerprint density at radius 2 is 2.10 bits per heavy atom. The Morgan fingerprint density at radius 3 is 2.76 bits per heavy atom. The van der Waals surface area contributed by atoms with Gasteiger partial charge in [-0.05, 0) is 48.9 Å². The van der Waals surface area contributed by atoms with Crippen LogP contribution in [0.15, 0.2) is 35.5 Å². The number of methoxy groups -OCH3 is 1. The molecule has 0 bridgehead atoms. The molecule has 9 heteroatoms. The van der Waals surface area contributed by atoms with E-state index in [0.717, 1.165) is 18.9 Å². The number of carbonyl (C=O) groups excluding carboxylic acids is 1. The third kappa shape index (κ3) is 3.71. The molecule has 1 N–H and O–H groups in total. The lowest BCUT2D eigenvalue weighted by molar-refractivity contribution is -0.117. The zero-order valence-corrected chi connectivity index (χ0v) is 16.9. The maximum Gasteiger partial charge on any atom is 0.247 e. The maximum absolute atomic E-state index is 14.3. The molecule has 29 heavy (non-hydrogen) atoms. The van der Waals surface area contributed by atoms with E-state index in [1.165, 1.54) is 25.6 Å². The molecule has 0 radical (unpaired) electrons. The number of aromatic nitrogens is 1. The summed E-state index contributed by atoms with van der Waals surface area (Å²) in [4.78, 5) is 18.9. The third-order valence-electron chi connectivity index (χ3n) is 5.61. The number of halogens is 2. The number of pyridine rings is 1. The largest absolute Gasteiger partial charge is 0.491 e. The van der Waals surface area contributed by atoms with E-state index in [2.05, 4.69) is 10.3 Å². The van der Waals surface area contributed by atoms with Gasteiger partial charge in [0.15, 0.2) is 11.6 Å². The van der Waals surface area contributed by atoms with Gasteiger partial charge in [0.2, 0.25) is 11.7 Å². The normalized spacial score (nSPS) is 20.6. The van der Waals surface area contributed by atoms with Gasteiger partial charge in [-0.3, -0.25) is 9.00 Å². The average molecular weight is 421 g/mol. The summed E-state index contributed by atoms with van der Waals surface area (Å²) in [7, 11) is 0.00954. The van der Waals surface area contributed by atoms with Gasteiger partial charge in [-0.2, -0.15) is 4.39 Å². The fraction of sp³-hybridized carbons (Fsp3) is 0.400. The number of rotatable bonds is 5. The highest BCUT2D eigenvalue weighted by Gasteiger charge is 2.54. The van der Waals surface area contributed by atoms with Gasteiger partial charge in [-0.1, -0.05) is 0 Å². The summed E-state index contributed by atoms with van der Waals surface area (Å²) in [6.07, 6.45) is 5.61. The first-order chi connectivity index (χ1) is 13.8. The third-order valence-corrected chi connectivity index (χ3v) is 6.42. The summed E-state index contributed by atoms with van der Waals surface area (Å²) >= 11 is 0. The number of amides is 1. The van der Waals surface area contributed by atoms with Crippen LogP contribution in [-0.2, 0) is 15.6 Å². The summed E-state index contributed by atoms with van der Waals surface area (Å²) in [6, 6.07) is 5.13. The number of carbonyl (C=O) groups is 1. The van der Waals surface area contributed by atoms with Crippen molar-refractivity contribution in [2.24, 2.45) is 5.41 Å². The quantitative estimate of drug-likeness (QED) is 0.803. The molecule has 6 nitrogen and oxygen atoms in total. The maximum atomic E-state index is 14.3. The van der Waals surface area contributed by atoms with E-state index >= 15 is 0 Å². The molecule has 2 atom stereocenters. The highest BCUT2D eigenvalue weighted by atomic mass is 32.2. The summed E-state index contributed by atoms with van der Waals surface area (Å²) in [5.41, 5.74) is 0.871. The number of ether oxygens (including phenoxy) is 1. The van der Waals surface area contributed by atoms with Crippen molar-refractivity contribution >= 4 is 28.1 Å². The molecular weight excluding hydrogens is 400 g/mol. The van der Waals surface area contributed by atoms with E-state index in [9.17, 15) is 17.8 Å². The molecule has 1 saturated heterocycles. The van der Waals surface area contributed by atoms with Crippen molar-refractivity contribution in [2.75, 3.05) is 30.1 Å². The molecule has 1 aliphatic heterocycles. The second kappa shape index (κ2) is 7.37. The molecule has 2 unspecified atom stereocenters. The Kier molecular flexibility index (Phi) is 5.02. The van der Waals surface area contributed by atoms with Crippen molar-refractivity contribution in [3.05, 3.63) is 42.1 Å². The molecule has 2 heterocycles. The number of hydrogen-bond donors (Lipinski definition) is 1. The van der Waals surface area contributed by atoms with Crippen LogP contribution in [-0.4, -0.2) is 41.1 Å². The lowest BCUT2D eigenvalue weighted by Gasteiger charge is -2.27. The summed E-state index contributed by atoms with van der Waals surface area (Å²) in [6.45, 7) is 0.576. The molecule has 1 spiro atoms. The fourth-order valence-corrected chi connectivity index (χ4v) is 4.40. The van der Waals surface area contributed by atoms with Crippen molar-refractivity contribution in [2.45, 2.75) is 30.3 Å². The van der Waals surface area contributed by atoms with Gasteiger partial charge < -0.3 is 15.0 Å². The molecular formula is C20H21F2N3O3S. The Hall–Kier alpha value is -2.55. The fourth-order valence-electron chi connectivity index (χ4n) is 3.89. The Bertz CT molecular complexity index is 997. The SMILES string of the molecule is COc1c(N2CC3(CC3)CC2C(=O)Nc2ccnc(S(C)=O)c2)ccc(F)c1F. The molecule has 1 amide bonds. The Morgan fingerprint density at radius 1 is 1.34 bits per heavy atom. The molecule has 1 aliphatic carbocycles. The Labute approximate surface area is 169 Å². The van der Waals surface area contributed by atoms with Crippen molar-refractivity contribution < 1.29 is 22.5 Å². The van der Waals surface area contributed by atoms with E-state index in [-0.39, 0.29) is 17.1 Å². The molecule has 2 aliphatic rings. The number of anilines is 2. The minimum Gasteiger partial charge on any atom is -0.491 e. The average Bonchev–Trinajstić information content (AvgIpc) is 3.34. The van der Waals surface area contributed by atoms with Crippen LogP contribution >= 0.6 is 0 Å². The number of nitrogens with one attached hydrogen (secondary N) is 1. The summed E-state index contributed by atoms with van der Waals surface area (Å²) < 4.78 is 44.7. The van der Waals surface area contributed by atoms with E-state index in [0.29, 0.717) is 29.4 Å². The van der Waals surface area contributed by atoms with Crippen LogP contribution in [0, 0.1) is 17.0 Å². The number of hydrogen-bond acceptors (Lipinski definition) is 5. The highest BCUT2D eigenvalue weighted by Crippen LogP contribution is 2.56. The standard InChI is InChI=1S/C20H21F2N3O3S/c1-28-18-14(4-3-13(21)17(18)22)25-11-20(6-7-20)10-15(25)19(26)24-12-5-8-23-16(9-12)29(2)27/h3-5,8-9,15H,6-7,10-11H2,1-2H3,(H,23,24,26). The van der Waals surface area contributed by atoms with Gasteiger partial charge in [0, 0.05) is 24.7 Å². The van der Waals surface area contributed by atoms with Gasteiger partial charge in [0.25, 0.3) is 0 Å². The van der Waals surface area contributed by atoms with E-state index < -0.39 is 28.5 Å². The van der Waals surface area contributed by atoms with Crippen LogP contribution in [0.1, 0.15) is 19.3 Å². The van der Waals surface area contributed by atoms with Gasteiger partial charge in [-0.15, -0.1) is 0 Å². The van der Waals surface area contributed by atoms with Gasteiger partial charge in [-0.25, -0.2) is 9.37 Å². The molecule has 154 valence electrons. The van der Waals surface area contributed by atoms with Crippen molar-refractivity contribution in [1.82, 2.24) is 4.98 Å². The smallest absolute Gasteiger partial charge is 0.247 e. The lowest BCUT2D eigenvalue weighted by Crippen LogP contribution is -2.40. The highest BCUT2D eigenvalue weighted by molar-refractivity contribution is 7.84. The minimum atomic E-state index is -1.27. The van der Waals surface area contributed by atoms with Gasteiger partial charge >= 0.3 is 0 Å². The molecule has 2 aromatic rings. The molecule has 2 fully saturated rings. The molecule has 1 aromatic heterocycles. The minimum absolute atomic E-state index is 0.0200.